The number of imide groups is 1. The summed E-state index contributed by atoms with van der Waals surface area (Å²) in [5.41, 5.74) is 0.525. The van der Waals surface area contributed by atoms with Crippen molar-refractivity contribution in [2.75, 3.05) is 0 Å². The first kappa shape index (κ1) is 33.2. The first-order valence-electron chi connectivity index (χ1n) is 15.3. The molecule has 226 valence electrons. The number of benzene rings is 1. The summed E-state index contributed by atoms with van der Waals surface area (Å²) >= 11 is 7.15. The molecule has 3 fully saturated rings. The Morgan fingerprint density at radius 1 is 0.902 bits per heavy atom. The van der Waals surface area contributed by atoms with Gasteiger partial charge < -0.3 is 9.84 Å². The monoisotopic (exact) mass is 605 g/mol. The number of carbonyl (C=O) groups is 4. The Bertz CT molecular complexity index is 1060. The molecule has 3 aliphatic rings. The second-order valence-corrected chi connectivity index (χ2v) is 12.8. The number of aliphatic carboxylic acids is 1. The summed E-state index contributed by atoms with van der Waals surface area (Å²) < 4.78 is 5.42. The SMILES string of the molecule is O=C(CCCCC1CCCCC1)Oc1cccc(/C=C2\SC(=O)NC2=O)c1Cl.O=C(O)CCCCC1CCCCC1. The summed E-state index contributed by atoms with van der Waals surface area (Å²) in [4.78, 5) is 45.6. The Labute approximate surface area is 253 Å². The molecule has 1 saturated heterocycles. The highest BCUT2D eigenvalue weighted by molar-refractivity contribution is 8.18. The second kappa shape index (κ2) is 18.3. The number of carboxylic acid groups (broad SMARTS) is 1. The van der Waals surface area contributed by atoms with E-state index >= 15 is 0 Å². The number of amides is 2. The molecule has 2 aliphatic carbocycles. The molecular formula is C32H44ClNO6S. The normalized spacial score (nSPS) is 19.0. The predicted octanol–water partition coefficient (Wildman–Crippen LogP) is 8.92. The average Bonchev–Trinajstić information content (AvgIpc) is 3.28. The molecule has 1 heterocycles. The van der Waals surface area contributed by atoms with Crippen molar-refractivity contribution in [1.82, 2.24) is 5.32 Å². The summed E-state index contributed by atoms with van der Waals surface area (Å²) in [5, 5.41) is 10.5. The van der Waals surface area contributed by atoms with Crippen molar-refractivity contribution in [2.45, 2.75) is 116 Å². The molecule has 41 heavy (non-hydrogen) atoms. The highest BCUT2D eigenvalue weighted by Gasteiger charge is 2.25. The summed E-state index contributed by atoms with van der Waals surface area (Å²) in [5.74, 6) is 0.584. The number of ether oxygens (including phenoxy) is 1. The van der Waals surface area contributed by atoms with Gasteiger partial charge in [-0.15, -0.1) is 0 Å². The highest BCUT2D eigenvalue weighted by atomic mass is 35.5. The number of thioether (sulfide) groups is 1. The zero-order valence-corrected chi connectivity index (χ0v) is 25.5. The van der Waals surface area contributed by atoms with Gasteiger partial charge in [-0.1, -0.05) is 114 Å². The van der Waals surface area contributed by atoms with E-state index < -0.39 is 17.1 Å². The van der Waals surface area contributed by atoms with Crippen LogP contribution in [0.5, 0.6) is 5.75 Å². The van der Waals surface area contributed by atoms with Gasteiger partial charge in [0.25, 0.3) is 11.1 Å². The average molecular weight is 606 g/mol. The van der Waals surface area contributed by atoms with Gasteiger partial charge in [0, 0.05) is 12.8 Å². The van der Waals surface area contributed by atoms with E-state index in [1.165, 1.54) is 83.1 Å². The topological polar surface area (TPSA) is 110 Å². The molecule has 9 heteroatoms. The van der Waals surface area contributed by atoms with Gasteiger partial charge in [0.2, 0.25) is 0 Å². The maximum absolute atomic E-state index is 12.2. The van der Waals surface area contributed by atoms with Crippen LogP contribution < -0.4 is 10.1 Å². The zero-order valence-electron chi connectivity index (χ0n) is 24.0. The van der Waals surface area contributed by atoms with E-state index in [1.807, 2.05) is 0 Å². The standard InChI is InChI=1S/C21H24ClNO4S.C11H20O2/c22-19-15(13-17-20(25)23-21(26)28-17)10-6-11-16(19)27-18(24)12-5-4-9-14-7-2-1-3-8-14;12-11(13)9-5-4-8-10-6-2-1-3-7-10/h6,10-11,13-14H,1-5,7-9,12H2,(H,23,25,26);10H,1-9H2,(H,12,13)/b17-13-;. The lowest BCUT2D eigenvalue weighted by molar-refractivity contribution is -0.137. The molecule has 1 aromatic rings. The molecule has 0 unspecified atom stereocenters. The molecule has 4 rings (SSSR count). The van der Waals surface area contributed by atoms with Crippen LogP contribution >= 0.6 is 23.4 Å². The summed E-state index contributed by atoms with van der Waals surface area (Å²) in [6.07, 6.45) is 22.2. The molecule has 0 aromatic heterocycles. The van der Waals surface area contributed by atoms with Crippen LogP contribution in [0.3, 0.4) is 0 Å². The Hall–Kier alpha value is -2.32. The molecule has 2 amide bonds. The molecule has 0 spiro atoms. The van der Waals surface area contributed by atoms with Crippen LogP contribution in [-0.4, -0.2) is 28.2 Å². The minimum atomic E-state index is -0.649. The highest BCUT2D eigenvalue weighted by Crippen LogP contribution is 2.33. The second-order valence-electron chi connectivity index (χ2n) is 11.4. The Morgan fingerprint density at radius 3 is 2.02 bits per heavy atom. The third-order valence-corrected chi connectivity index (χ3v) is 9.31. The number of hydrogen-bond donors (Lipinski definition) is 2. The summed E-state index contributed by atoms with van der Waals surface area (Å²) in [7, 11) is 0. The Morgan fingerprint density at radius 2 is 1.49 bits per heavy atom. The van der Waals surface area contributed by atoms with E-state index in [-0.39, 0.29) is 21.6 Å². The molecule has 2 saturated carbocycles. The number of halogens is 1. The minimum Gasteiger partial charge on any atom is -0.481 e. The predicted molar refractivity (Wildman–Crippen MR) is 164 cm³/mol. The van der Waals surface area contributed by atoms with Gasteiger partial charge in [-0.05, 0) is 54.1 Å². The smallest absolute Gasteiger partial charge is 0.311 e. The van der Waals surface area contributed by atoms with Crippen molar-refractivity contribution in [1.29, 1.82) is 0 Å². The lowest BCUT2D eigenvalue weighted by Crippen LogP contribution is -2.17. The molecule has 1 aliphatic heterocycles. The van der Waals surface area contributed by atoms with Crippen molar-refractivity contribution in [3.63, 3.8) is 0 Å². The van der Waals surface area contributed by atoms with E-state index in [0.717, 1.165) is 49.3 Å². The third-order valence-electron chi connectivity index (χ3n) is 8.09. The van der Waals surface area contributed by atoms with Gasteiger partial charge in [0.15, 0.2) is 0 Å². The van der Waals surface area contributed by atoms with Crippen LogP contribution in [-0.2, 0) is 14.4 Å². The number of esters is 1. The molecule has 0 bridgehead atoms. The molecular weight excluding hydrogens is 562 g/mol. The van der Waals surface area contributed by atoms with E-state index in [2.05, 4.69) is 5.32 Å². The van der Waals surface area contributed by atoms with Crippen LogP contribution in [0, 0.1) is 11.8 Å². The third kappa shape index (κ3) is 12.6. The number of rotatable bonds is 12. The maximum atomic E-state index is 12.2. The van der Waals surface area contributed by atoms with Gasteiger partial charge >= 0.3 is 11.9 Å². The lowest BCUT2D eigenvalue weighted by Gasteiger charge is -2.21. The summed E-state index contributed by atoms with van der Waals surface area (Å²) in [6, 6.07) is 5.02. The van der Waals surface area contributed by atoms with Crippen molar-refractivity contribution in [3.05, 3.63) is 33.7 Å². The number of carboxylic acids is 1. The van der Waals surface area contributed by atoms with Gasteiger partial charge in [0.05, 0.1) is 9.93 Å². The van der Waals surface area contributed by atoms with E-state index in [4.69, 9.17) is 21.4 Å². The van der Waals surface area contributed by atoms with Gasteiger partial charge in [0.1, 0.15) is 5.75 Å². The first-order chi connectivity index (χ1) is 19.8. The van der Waals surface area contributed by atoms with Gasteiger partial charge in [-0.25, -0.2) is 0 Å². The fraction of sp³-hybridized carbons (Fsp3) is 0.625. The number of nitrogens with one attached hydrogen (secondary N) is 1. The van der Waals surface area contributed by atoms with Gasteiger partial charge in [-0.2, -0.15) is 0 Å². The van der Waals surface area contributed by atoms with E-state index in [9.17, 15) is 19.2 Å². The lowest BCUT2D eigenvalue weighted by atomic mass is 9.86. The molecule has 2 N–H and O–H groups in total. The number of carbonyl (C=O) groups excluding carboxylic acids is 3. The molecule has 0 radical (unpaired) electrons. The Balaban J connectivity index is 0.000000298. The van der Waals surface area contributed by atoms with E-state index in [0.29, 0.717) is 18.4 Å². The van der Waals surface area contributed by atoms with Crippen molar-refractivity contribution >= 4 is 52.5 Å². The first-order valence-corrected chi connectivity index (χ1v) is 16.5. The van der Waals surface area contributed by atoms with Crippen LogP contribution in [0.2, 0.25) is 5.02 Å². The van der Waals surface area contributed by atoms with Crippen LogP contribution in [0.15, 0.2) is 23.1 Å². The largest absolute Gasteiger partial charge is 0.481 e. The Kier molecular flexibility index (Phi) is 14.8. The van der Waals surface area contributed by atoms with Crippen molar-refractivity contribution in [3.8, 4) is 5.75 Å². The van der Waals surface area contributed by atoms with Gasteiger partial charge in [-0.3, -0.25) is 24.5 Å². The number of hydrogen-bond acceptors (Lipinski definition) is 6. The molecule has 0 atom stereocenters. The maximum Gasteiger partial charge on any atom is 0.311 e. The van der Waals surface area contributed by atoms with E-state index in [1.54, 1.807) is 18.2 Å². The summed E-state index contributed by atoms with van der Waals surface area (Å²) in [6.45, 7) is 0. The van der Waals surface area contributed by atoms with Crippen LogP contribution in [0.4, 0.5) is 4.79 Å². The van der Waals surface area contributed by atoms with Crippen molar-refractivity contribution < 1.29 is 29.0 Å². The van der Waals surface area contributed by atoms with Crippen molar-refractivity contribution in [2.24, 2.45) is 11.8 Å². The minimum absolute atomic E-state index is 0.248. The molecule has 1 aromatic carbocycles. The van der Waals surface area contributed by atoms with Crippen LogP contribution in [0.1, 0.15) is 121 Å². The fourth-order valence-corrected chi connectivity index (χ4v) is 6.71. The zero-order chi connectivity index (χ0) is 29.5. The van der Waals surface area contributed by atoms with Crippen LogP contribution in [0.25, 0.3) is 6.08 Å². The quantitative estimate of drug-likeness (QED) is 0.106. The fourth-order valence-electron chi connectivity index (χ4n) is 5.82. The number of unbranched alkanes of at least 4 members (excludes halogenated alkanes) is 2. The molecule has 7 nitrogen and oxygen atoms in total.